The Balaban J connectivity index is 2.11. The Morgan fingerprint density at radius 2 is 1.67 bits per heavy atom. The van der Waals surface area contributed by atoms with E-state index in [4.69, 9.17) is 0 Å². The average molecular weight is 240 g/mol. The molecular formula is C16H20N2. The van der Waals surface area contributed by atoms with Crippen LogP contribution < -0.4 is 0 Å². The molecule has 0 aliphatic rings. The van der Waals surface area contributed by atoms with E-state index in [9.17, 15) is 0 Å². The molecule has 0 spiro atoms. The fraction of sp³-hybridized carbons (Fsp3) is 0.375. The molecule has 2 aromatic rings. The number of nitrogens with zero attached hydrogens (tertiary/aromatic N) is 2. The van der Waals surface area contributed by atoms with Crippen LogP contribution in [-0.2, 0) is 6.42 Å². The Kier molecular flexibility index (Phi) is 4.88. The molecule has 0 N–H and O–H groups in total. The quantitative estimate of drug-likeness (QED) is 0.705. The van der Waals surface area contributed by atoms with E-state index in [1.165, 1.54) is 36.8 Å². The zero-order chi connectivity index (χ0) is 12.6. The lowest BCUT2D eigenvalue weighted by molar-refractivity contribution is 0.667. The molecule has 2 heteroatoms. The number of aryl methyl sites for hydroxylation is 1. The van der Waals surface area contributed by atoms with E-state index in [0.717, 1.165) is 12.2 Å². The Bertz CT molecular complexity index is 466. The summed E-state index contributed by atoms with van der Waals surface area (Å²) in [6.07, 6.45) is 9.88. The first-order valence-electron chi connectivity index (χ1n) is 6.77. The molecule has 0 saturated carbocycles. The van der Waals surface area contributed by atoms with Gasteiger partial charge in [0.05, 0.1) is 0 Å². The number of hydrogen-bond acceptors (Lipinski definition) is 2. The van der Waals surface area contributed by atoms with Gasteiger partial charge in [0.25, 0.3) is 0 Å². The molecule has 94 valence electrons. The number of benzene rings is 1. The molecule has 1 heterocycles. The van der Waals surface area contributed by atoms with Gasteiger partial charge in [-0.1, -0.05) is 50.5 Å². The molecule has 0 aliphatic carbocycles. The summed E-state index contributed by atoms with van der Waals surface area (Å²) in [6, 6.07) is 10.3. The first kappa shape index (κ1) is 12.7. The van der Waals surface area contributed by atoms with Crippen molar-refractivity contribution in [3.63, 3.8) is 0 Å². The van der Waals surface area contributed by atoms with Gasteiger partial charge in [-0.2, -0.15) is 0 Å². The van der Waals surface area contributed by atoms with Crippen LogP contribution in [0.4, 0.5) is 0 Å². The third kappa shape index (κ3) is 3.39. The number of aromatic nitrogens is 2. The number of rotatable bonds is 6. The van der Waals surface area contributed by atoms with Gasteiger partial charge in [0, 0.05) is 18.0 Å². The molecule has 0 atom stereocenters. The van der Waals surface area contributed by atoms with Crippen LogP contribution in [0.25, 0.3) is 11.4 Å². The van der Waals surface area contributed by atoms with Crippen LogP contribution >= 0.6 is 0 Å². The highest BCUT2D eigenvalue weighted by Crippen LogP contribution is 2.21. The second kappa shape index (κ2) is 6.90. The summed E-state index contributed by atoms with van der Waals surface area (Å²) in [5.41, 5.74) is 2.54. The van der Waals surface area contributed by atoms with Crippen LogP contribution in [0.5, 0.6) is 0 Å². The van der Waals surface area contributed by atoms with Gasteiger partial charge in [0.1, 0.15) is 0 Å². The van der Waals surface area contributed by atoms with Crippen LogP contribution in [-0.4, -0.2) is 9.97 Å². The second-order valence-corrected chi connectivity index (χ2v) is 4.54. The molecule has 1 aromatic heterocycles. The highest BCUT2D eigenvalue weighted by Gasteiger charge is 2.05. The fourth-order valence-electron chi connectivity index (χ4n) is 2.14. The first-order valence-corrected chi connectivity index (χ1v) is 6.77. The predicted molar refractivity (Wildman–Crippen MR) is 75.3 cm³/mol. The monoisotopic (exact) mass is 240 g/mol. The van der Waals surface area contributed by atoms with E-state index in [0.29, 0.717) is 0 Å². The van der Waals surface area contributed by atoms with Crippen molar-refractivity contribution >= 4 is 0 Å². The van der Waals surface area contributed by atoms with Gasteiger partial charge in [0.2, 0.25) is 0 Å². The zero-order valence-electron chi connectivity index (χ0n) is 11.0. The topological polar surface area (TPSA) is 25.8 Å². The van der Waals surface area contributed by atoms with Gasteiger partial charge >= 0.3 is 0 Å². The standard InChI is InChI=1S/C16H20N2/c1-2-3-4-5-9-14-10-6-7-11-15(14)16-17-12-8-13-18-16/h6-8,10-13H,2-5,9H2,1H3. The molecule has 0 radical (unpaired) electrons. The average Bonchev–Trinajstić information content (AvgIpc) is 2.45. The molecule has 0 aliphatic heterocycles. The molecule has 0 amide bonds. The smallest absolute Gasteiger partial charge is 0.159 e. The maximum atomic E-state index is 4.34. The van der Waals surface area contributed by atoms with Crippen molar-refractivity contribution in [2.75, 3.05) is 0 Å². The number of hydrogen-bond donors (Lipinski definition) is 0. The highest BCUT2D eigenvalue weighted by atomic mass is 14.8. The van der Waals surface area contributed by atoms with Crippen LogP contribution in [0, 0.1) is 0 Å². The molecular weight excluding hydrogens is 220 g/mol. The van der Waals surface area contributed by atoms with Crippen molar-refractivity contribution < 1.29 is 0 Å². The molecule has 2 rings (SSSR count). The van der Waals surface area contributed by atoms with Crippen molar-refractivity contribution in [1.82, 2.24) is 9.97 Å². The SMILES string of the molecule is CCCCCCc1ccccc1-c1ncccn1. The van der Waals surface area contributed by atoms with Gasteiger partial charge in [0.15, 0.2) is 5.82 Å². The third-order valence-electron chi connectivity index (χ3n) is 3.12. The summed E-state index contributed by atoms with van der Waals surface area (Å²) in [5, 5.41) is 0. The molecule has 2 nitrogen and oxygen atoms in total. The molecule has 1 aromatic carbocycles. The fourth-order valence-corrected chi connectivity index (χ4v) is 2.14. The van der Waals surface area contributed by atoms with Gasteiger partial charge in [-0.05, 0) is 24.5 Å². The maximum absolute atomic E-state index is 4.34. The minimum atomic E-state index is 0.837. The Morgan fingerprint density at radius 3 is 2.44 bits per heavy atom. The summed E-state index contributed by atoms with van der Waals surface area (Å²) >= 11 is 0. The highest BCUT2D eigenvalue weighted by molar-refractivity contribution is 5.59. The number of unbranched alkanes of at least 4 members (excludes halogenated alkanes) is 3. The Labute approximate surface area is 109 Å². The summed E-state index contributed by atoms with van der Waals surface area (Å²) < 4.78 is 0. The van der Waals surface area contributed by atoms with Crippen molar-refractivity contribution in [3.05, 3.63) is 48.3 Å². The van der Waals surface area contributed by atoms with Crippen LogP contribution in [0.15, 0.2) is 42.7 Å². The molecule has 0 bridgehead atoms. The van der Waals surface area contributed by atoms with E-state index >= 15 is 0 Å². The minimum absolute atomic E-state index is 0.837. The second-order valence-electron chi connectivity index (χ2n) is 4.54. The van der Waals surface area contributed by atoms with Crippen LogP contribution in [0.2, 0.25) is 0 Å². The Morgan fingerprint density at radius 1 is 0.889 bits per heavy atom. The van der Waals surface area contributed by atoms with Gasteiger partial charge in [-0.25, -0.2) is 9.97 Å². The van der Waals surface area contributed by atoms with Crippen molar-refractivity contribution in [3.8, 4) is 11.4 Å². The largest absolute Gasteiger partial charge is 0.237 e. The molecule has 18 heavy (non-hydrogen) atoms. The third-order valence-corrected chi connectivity index (χ3v) is 3.12. The van der Waals surface area contributed by atoms with E-state index in [1.807, 2.05) is 6.07 Å². The van der Waals surface area contributed by atoms with Gasteiger partial charge in [-0.3, -0.25) is 0 Å². The molecule has 0 fully saturated rings. The van der Waals surface area contributed by atoms with Gasteiger partial charge < -0.3 is 0 Å². The normalized spacial score (nSPS) is 10.5. The summed E-state index contributed by atoms with van der Waals surface area (Å²) in [4.78, 5) is 8.69. The van der Waals surface area contributed by atoms with Crippen molar-refractivity contribution in [2.24, 2.45) is 0 Å². The van der Waals surface area contributed by atoms with E-state index < -0.39 is 0 Å². The molecule has 0 saturated heterocycles. The Hall–Kier alpha value is -1.70. The summed E-state index contributed by atoms with van der Waals surface area (Å²) in [7, 11) is 0. The predicted octanol–water partition coefficient (Wildman–Crippen LogP) is 4.27. The first-order chi connectivity index (χ1) is 8.92. The lowest BCUT2D eigenvalue weighted by atomic mass is 10.0. The zero-order valence-corrected chi connectivity index (χ0v) is 11.0. The van der Waals surface area contributed by atoms with Crippen LogP contribution in [0.3, 0.4) is 0 Å². The minimum Gasteiger partial charge on any atom is -0.237 e. The lowest BCUT2D eigenvalue weighted by Gasteiger charge is -2.07. The van der Waals surface area contributed by atoms with E-state index in [-0.39, 0.29) is 0 Å². The molecule has 0 unspecified atom stereocenters. The van der Waals surface area contributed by atoms with Gasteiger partial charge in [-0.15, -0.1) is 0 Å². The maximum Gasteiger partial charge on any atom is 0.159 e. The van der Waals surface area contributed by atoms with E-state index in [2.05, 4.69) is 41.2 Å². The van der Waals surface area contributed by atoms with Crippen molar-refractivity contribution in [1.29, 1.82) is 0 Å². The van der Waals surface area contributed by atoms with Crippen molar-refractivity contribution in [2.45, 2.75) is 39.0 Å². The summed E-state index contributed by atoms with van der Waals surface area (Å²) in [6.45, 7) is 2.24. The van der Waals surface area contributed by atoms with Crippen LogP contribution in [0.1, 0.15) is 38.2 Å². The van der Waals surface area contributed by atoms with E-state index in [1.54, 1.807) is 12.4 Å². The summed E-state index contributed by atoms with van der Waals surface area (Å²) in [5.74, 6) is 0.837. The lowest BCUT2D eigenvalue weighted by Crippen LogP contribution is -1.94.